The fourth-order valence-electron chi connectivity index (χ4n) is 2.59. The van der Waals surface area contributed by atoms with Crippen molar-refractivity contribution >= 4 is 12.1 Å². The van der Waals surface area contributed by atoms with Crippen LogP contribution in [0.1, 0.15) is 27.7 Å². The Morgan fingerprint density at radius 1 is 1.22 bits per heavy atom. The molecule has 5 nitrogen and oxygen atoms in total. The van der Waals surface area contributed by atoms with Crippen molar-refractivity contribution in [3.8, 4) is 0 Å². The number of likely N-dealkylation sites (tertiary alicyclic amines) is 1. The number of carbonyl (C=O) groups is 2. The van der Waals surface area contributed by atoms with E-state index in [-0.39, 0.29) is 29.8 Å². The highest BCUT2D eigenvalue weighted by molar-refractivity contribution is 5.78. The normalized spacial score (nSPS) is 29.8. The molecule has 102 valence electrons. The van der Waals surface area contributed by atoms with E-state index in [4.69, 9.17) is 9.47 Å². The molecule has 2 atom stereocenters. The Bertz CT molecular complexity index is 348. The van der Waals surface area contributed by atoms with Crippen LogP contribution in [0.3, 0.4) is 0 Å². The van der Waals surface area contributed by atoms with E-state index in [0.29, 0.717) is 19.7 Å². The van der Waals surface area contributed by atoms with E-state index in [0.717, 1.165) is 0 Å². The molecular weight excluding hydrogens is 234 g/mol. The third-order valence-electron chi connectivity index (χ3n) is 3.40. The quantitative estimate of drug-likeness (QED) is 0.704. The van der Waals surface area contributed by atoms with Gasteiger partial charge in [0.15, 0.2) is 0 Å². The first-order valence-electron chi connectivity index (χ1n) is 6.48. The summed E-state index contributed by atoms with van der Waals surface area (Å²) in [5.74, 6) is 0.438. The predicted octanol–water partition coefficient (Wildman–Crippen LogP) is 1.66. The van der Waals surface area contributed by atoms with Crippen molar-refractivity contribution in [1.29, 1.82) is 0 Å². The molecule has 2 fully saturated rings. The van der Waals surface area contributed by atoms with E-state index >= 15 is 0 Å². The molecule has 1 amide bonds. The third kappa shape index (κ3) is 2.60. The molecule has 0 bridgehead atoms. The zero-order valence-electron chi connectivity index (χ0n) is 11.4. The number of rotatable bonds is 2. The SMILES string of the molecule is CCOC(=O)C1[C@@H]2CN(C(=O)OC(C)(C)C)C[C@@H]12. The van der Waals surface area contributed by atoms with Gasteiger partial charge in [0.05, 0.1) is 12.5 Å². The number of carbonyl (C=O) groups excluding carboxylic acids is 2. The van der Waals surface area contributed by atoms with Crippen molar-refractivity contribution in [1.82, 2.24) is 4.90 Å². The van der Waals surface area contributed by atoms with Gasteiger partial charge in [-0.1, -0.05) is 0 Å². The molecule has 1 saturated carbocycles. The fraction of sp³-hybridized carbons (Fsp3) is 0.846. The summed E-state index contributed by atoms with van der Waals surface area (Å²) in [4.78, 5) is 25.1. The molecule has 2 rings (SSSR count). The van der Waals surface area contributed by atoms with E-state index in [2.05, 4.69) is 0 Å². The molecule has 1 aliphatic carbocycles. The lowest BCUT2D eigenvalue weighted by atomic mass is 10.2. The Labute approximate surface area is 107 Å². The second kappa shape index (κ2) is 4.44. The molecule has 0 aromatic rings. The molecule has 5 heteroatoms. The largest absolute Gasteiger partial charge is 0.466 e. The van der Waals surface area contributed by atoms with Crippen LogP contribution in [0.4, 0.5) is 4.79 Å². The second-order valence-electron chi connectivity index (χ2n) is 5.99. The number of nitrogens with zero attached hydrogens (tertiary/aromatic N) is 1. The fourth-order valence-corrected chi connectivity index (χ4v) is 2.59. The monoisotopic (exact) mass is 255 g/mol. The number of fused-ring (bicyclic) bond motifs is 1. The van der Waals surface area contributed by atoms with Gasteiger partial charge in [-0.3, -0.25) is 4.79 Å². The molecule has 1 saturated heterocycles. The number of amides is 1. The maximum absolute atomic E-state index is 11.8. The van der Waals surface area contributed by atoms with E-state index in [1.54, 1.807) is 4.90 Å². The summed E-state index contributed by atoms with van der Waals surface area (Å²) in [5, 5.41) is 0. The third-order valence-corrected chi connectivity index (χ3v) is 3.40. The van der Waals surface area contributed by atoms with Crippen molar-refractivity contribution < 1.29 is 19.1 Å². The zero-order chi connectivity index (χ0) is 13.5. The number of piperidine rings is 1. The van der Waals surface area contributed by atoms with Gasteiger partial charge in [0, 0.05) is 13.1 Å². The van der Waals surface area contributed by atoms with Crippen LogP contribution in [0, 0.1) is 17.8 Å². The van der Waals surface area contributed by atoms with Crippen LogP contribution in [0.2, 0.25) is 0 Å². The van der Waals surface area contributed by atoms with Crippen molar-refractivity contribution in [2.45, 2.75) is 33.3 Å². The van der Waals surface area contributed by atoms with Crippen LogP contribution in [-0.4, -0.2) is 42.3 Å². The summed E-state index contributed by atoms with van der Waals surface area (Å²) in [6, 6.07) is 0. The highest BCUT2D eigenvalue weighted by Gasteiger charge is 2.61. The summed E-state index contributed by atoms with van der Waals surface area (Å²) in [5.41, 5.74) is -0.468. The van der Waals surface area contributed by atoms with Crippen molar-refractivity contribution in [2.24, 2.45) is 17.8 Å². The maximum Gasteiger partial charge on any atom is 0.410 e. The summed E-state index contributed by atoms with van der Waals surface area (Å²) in [6.45, 7) is 9.01. The van der Waals surface area contributed by atoms with Gasteiger partial charge >= 0.3 is 12.1 Å². The zero-order valence-corrected chi connectivity index (χ0v) is 11.4. The van der Waals surface area contributed by atoms with E-state index < -0.39 is 5.60 Å². The molecule has 0 radical (unpaired) electrons. The molecule has 0 N–H and O–H groups in total. The van der Waals surface area contributed by atoms with Gasteiger partial charge in [-0.2, -0.15) is 0 Å². The van der Waals surface area contributed by atoms with E-state index in [9.17, 15) is 9.59 Å². The smallest absolute Gasteiger partial charge is 0.410 e. The first-order chi connectivity index (χ1) is 8.33. The van der Waals surface area contributed by atoms with Crippen molar-refractivity contribution in [3.63, 3.8) is 0 Å². The van der Waals surface area contributed by atoms with Crippen LogP contribution >= 0.6 is 0 Å². The number of ether oxygens (including phenoxy) is 2. The minimum absolute atomic E-state index is 0.00337. The lowest BCUT2D eigenvalue weighted by Crippen LogP contribution is -2.37. The summed E-state index contributed by atoms with van der Waals surface area (Å²) < 4.78 is 10.3. The molecular formula is C13H21NO4. The Morgan fingerprint density at radius 2 is 1.78 bits per heavy atom. The predicted molar refractivity (Wildman–Crippen MR) is 64.9 cm³/mol. The van der Waals surface area contributed by atoms with E-state index in [1.165, 1.54) is 0 Å². The minimum atomic E-state index is -0.468. The van der Waals surface area contributed by atoms with Gasteiger partial charge in [-0.25, -0.2) is 4.79 Å². The Hall–Kier alpha value is -1.26. The van der Waals surface area contributed by atoms with Crippen LogP contribution in [0.15, 0.2) is 0 Å². The first-order valence-corrected chi connectivity index (χ1v) is 6.48. The highest BCUT2D eigenvalue weighted by Crippen LogP contribution is 2.52. The highest BCUT2D eigenvalue weighted by atomic mass is 16.6. The molecule has 0 spiro atoms. The van der Waals surface area contributed by atoms with Crippen LogP contribution < -0.4 is 0 Å². The summed E-state index contributed by atoms with van der Waals surface area (Å²) >= 11 is 0. The summed E-state index contributed by atoms with van der Waals surface area (Å²) in [6.07, 6.45) is -0.280. The number of esters is 1. The second-order valence-corrected chi connectivity index (χ2v) is 5.99. The Kier molecular flexibility index (Phi) is 3.25. The van der Waals surface area contributed by atoms with Gasteiger partial charge in [0.25, 0.3) is 0 Å². The minimum Gasteiger partial charge on any atom is -0.466 e. The van der Waals surface area contributed by atoms with Gasteiger partial charge < -0.3 is 14.4 Å². The molecule has 1 heterocycles. The van der Waals surface area contributed by atoms with Crippen molar-refractivity contribution in [3.05, 3.63) is 0 Å². The molecule has 0 aromatic heterocycles. The molecule has 18 heavy (non-hydrogen) atoms. The number of hydrogen-bond acceptors (Lipinski definition) is 4. The molecule has 2 aliphatic rings. The van der Waals surface area contributed by atoms with Gasteiger partial charge in [0.1, 0.15) is 5.60 Å². The Morgan fingerprint density at radius 3 is 2.22 bits per heavy atom. The van der Waals surface area contributed by atoms with Crippen LogP contribution in [-0.2, 0) is 14.3 Å². The van der Waals surface area contributed by atoms with Gasteiger partial charge in [-0.05, 0) is 39.5 Å². The first kappa shape index (κ1) is 13.2. The molecule has 0 unspecified atom stereocenters. The van der Waals surface area contributed by atoms with Gasteiger partial charge in [-0.15, -0.1) is 0 Å². The average Bonchev–Trinajstić information content (AvgIpc) is 2.72. The van der Waals surface area contributed by atoms with Crippen LogP contribution in [0.5, 0.6) is 0 Å². The van der Waals surface area contributed by atoms with Gasteiger partial charge in [0.2, 0.25) is 0 Å². The van der Waals surface area contributed by atoms with E-state index in [1.807, 2.05) is 27.7 Å². The molecule has 0 aromatic carbocycles. The lowest BCUT2D eigenvalue weighted by Gasteiger charge is -2.25. The standard InChI is InChI=1S/C13H21NO4/c1-5-17-11(15)10-8-6-14(7-9(8)10)12(16)18-13(2,3)4/h8-10H,5-7H2,1-4H3/t8-,9-/m1/s1. The Balaban J connectivity index is 1.81. The average molecular weight is 255 g/mol. The van der Waals surface area contributed by atoms with Crippen molar-refractivity contribution in [2.75, 3.05) is 19.7 Å². The van der Waals surface area contributed by atoms with Crippen LogP contribution in [0.25, 0.3) is 0 Å². The maximum atomic E-state index is 11.8. The topological polar surface area (TPSA) is 55.8 Å². The summed E-state index contributed by atoms with van der Waals surface area (Å²) in [7, 11) is 0. The lowest BCUT2D eigenvalue weighted by molar-refractivity contribution is -0.145. The molecule has 1 aliphatic heterocycles. The number of hydrogen-bond donors (Lipinski definition) is 0.